The van der Waals surface area contributed by atoms with E-state index in [0.29, 0.717) is 22.6 Å². The Kier molecular flexibility index (Phi) is 10.9. The van der Waals surface area contributed by atoms with Crippen molar-refractivity contribution < 1.29 is 47.7 Å². The molecule has 5 atom stereocenters. The summed E-state index contributed by atoms with van der Waals surface area (Å²) in [4.78, 5) is 61.1. The predicted molar refractivity (Wildman–Crippen MR) is 160 cm³/mol. The van der Waals surface area contributed by atoms with E-state index in [0.717, 1.165) is 27.2 Å². The third-order valence-electron chi connectivity index (χ3n) is 6.75. The molecule has 1 fully saturated rings. The lowest BCUT2D eigenvalue weighted by molar-refractivity contribution is -0.254. The normalized spacial score (nSPS) is 21.2. The first-order valence-electron chi connectivity index (χ1n) is 13.7. The largest absolute Gasteiger partial charge is 0.463 e. The van der Waals surface area contributed by atoms with Gasteiger partial charge >= 0.3 is 23.9 Å². The van der Waals surface area contributed by atoms with Crippen LogP contribution < -0.4 is 0 Å². The molecule has 0 N–H and O–H groups in total. The van der Waals surface area contributed by atoms with Gasteiger partial charge in [0.15, 0.2) is 18.3 Å². The molecule has 0 spiro atoms. The SMILES string of the molecule is CC(=O)OC[C@H]1O[C@@H](c2ccc(Cl)c(Cc3ccc(-c4ccc(C=O)cc4)s3)c2)[C@H](OC(C)=O)[C@@H](OC(C)=O)[C@@H]1OC(C)=O. The van der Waals surface area contributed by atoms with Gasteiger partial charge in [0.25, 0.3) is 0 Å². The van der Waals surface area contributed by atoms with Crippen LogP contribution in [0.5, 0.6) is 0 Å². The summed E-state index contributed by atoms with van der Waals surface area (Å²) in [6, 6.07) is 16.5. The highest BCUT2D eigenvalue weighted by atomic mass is 35.5. The molecule has 2 heterocycles. The zero-order valence-corrected chi connectivity index (χ0v) is 26.0. The van der Waals surface area contributed by atoms with Gasteiger partial charge < -0.3 is 23.7 Å². The molecule has 1 aromatic heterocycles. The molecule has 0 unspecified atom stereocenters. The Morgan fingerprint density at radius 1 is 0.818 bits per heavy atom. The smallest absolute Gasteiger partial charge is 0.303 e. The van der Waals surface area contributed by atoms with Gasteiger partial charge in [-0.05, 0) is 34.9 Å². The van der Waals surface area contributed by atoms with E-state index in [2.05, 4.69) is 0 Å². The van der Waals surface area contributed by atoms with Crippen LogP contribution in [0, 0.1) is 0 Å². The second-order valence-electron chi connectivity index (χ2n) is 10.2. The third-order valence-corrected chi connectivity index (χ3v) is 8.25. The maximum absolute atomic E-state index is 12.2. The number of carbonyl (C=O) groups is 5. The zero-order chi connectivity index (χ0) is 32.0. The summed E-state index contributed by atoms with van der Waals surface area (Å²) in [6.07, 6.45) is -4.54. The van der Waals surface area contributed by atoms with E-state index in [9.17, 15) is 24.0 Å². The Morgan fingerprint density at radius 3 is 2.07 bits per heavy atom. The summed E-state index contributed by atoms with van der Waals surface area (Å²) in [5, 5.41) is 0.490. The van der Waals surface area contributed by atoms with E-state index in [4.69, 9.17) is 35.3 Å². The number of aldehydes is 1. The number of halogens is 1. The molecule has 0 saturated carbocycles. The van der Waals surface area contributed by atoms with Crippen molar-refractivity contribution in [2.75, 3.05) is 6.61 Å². The maximum atomic E-state index is 12.2. The summed E-state index contributed by atoms with van der Waals surface area (Å²) >= 11 is 8.19. The van der Waals surface area contributed by atoms with Crippen molar-refractivity contribution in [3.8, 4) is 10.4 Å². The summed E-state index contributed by atoms with van der Waals surface area (Å²) in [5.74, 6) is -2.68. The number of esters is 4. The Balaban J connectivity index is 1.69. The molecule has 0 radical (unpaired) electrons. The summed E-state index contributed by atoms with van der Waals surface area (Å²) in [5.41, 5.74) is 2.87. The zero-order valence-electron chi connectivity index (χ0n) is 24.4. The summed E-state index contributed by atoms with van der Waals surface area (Å²) in [6.45, 7) is 4.44. The Bertz CT molecular complexity index is 1530. The molecule has 2 aromatic carbocycles. The lowest BCUT2D eigenvalue weighted by Gasteiger charge is -2.44. The van der Waals surface area contributed by atoms with Crippen LogP contribution in [-0.4, -0.2) is 61.2 Å². The quantitative estimate of drug-likeness (QED) is 0.164. The van der Waals surface area contributed by atoms with Gasteiger partial charge in [0.1, 0.15) is 25.1 Å². The van der Waals surface area contributed by atoms with Crippen molar-refractivity contribution in [3.63, 3.8) is 0 Å². The van der Waals surface area contributed by atoms with Crippen LogP contribution >= 0.6 is 22.9 Å². The van der Waals surface area contributed by atoms with Crippen molar-refractivity contribution in [1.29, 1.82) is 0 Å². The van der Waals surface area contributed by atoms with Crippen LogP contribution in [0.2, 0.25) is 5.02 Å². The first kappa shape index (κ1) is 32.8. The number of carbonyl (C=O) groups excluding carboxylic acids is 5. The fourth-order valence-corrected chi connectivity index (χ4v) is 6.17. The number of hydrogen-bond acceptors (Lipinski definition) is 11. The minimum atomic E-state index is -1.27. The third kappa shape index (κ3) is 8.31. The van der Waals surface area contributed by atoms with Crippen LogP contribution in [0.15, 0.2) is 54.6 Å². The van der Waals surface area contributed by atoms with Crippen molar-refractivity contribution >= 4 is 53.1 Å². The lowest BCUT2D eigenvalue weighted by Crippen LogP contribution is -2.59. The van der Waals surface area contributed by atoms with Gasteiger partial charge in [-0.3, -0.25) is 24.0 Å². The van der Waals surface area contributed by atoms with E-state index in [1.165, 1.54) is 27.7 Å². The van der Waals surface area contributed by atoms with Gasteiger partial charge in [-0.1, -0.05) is 48.0 Å². The van der Waals surface area contributed by atoms with Crippen LogP contribution in [0.3, 0.4) is 0 Å². The van der Waals surface area contributed by atoms with Gasteiger partial charge in [0.2, 0.25) is 0 Å². The van der Waals surface area contributed by atoms with Crippen molar-refractivity contribution in [2.24, 2.45) is 0 Å². The van der Waals surface area contributed by atoms with E-state index in [-0.39, 0.29) is 6.61 Å². The molecule has 232 valence electrons. The molecule has 1 aliphatic heterocycles. The second kappa shape index (κ2) is 14.6. The van der Waals surface area contributed by atoms with Crippen LogP contribution in [0.1, 0.15) is 60.2 Å². The minimum absolute atomic E-state index is 0.319. The molecule has 0 bridgehead atoms. The Hall–Kier alpha value is -4.06. The minimum Gasteiger partial charge on any atom is -0.463 e. The fourth-order valence-electron chi connectivity index (χ4n) is 4.95. The van der Waals surface area contributed by atoms with Crippen molar-refractivity contribution in [3.05, 3.63) is 81.2 Å². The van der Waals surface area contributed by atoms with Crippen molar-refractivity contribution in [2.45, 2.75) is 64.6 Å². The topological polar surface area (TPSA) is 132 Å². The van der Waals surface area contributed by atoms with Crippen LogP contribution in [0.25, 0.3) is 10.4 Å². The van der Waals surface area contributed by atoms with E-state index < -0.39 is 54.4 Å². The van der Waals surface area contributed by atoms with Crippen molar-refractivity contribution in [1.82, 2.24) is 0 Å². The molecule has 44 heavy (non-hydrogen) atoms. The molecule has 12 heteroatoms. The van der Waals surface area contributed by atoms with Gasteiger partial charge in [-0.25, -0.2) is 0 Å². The number of rotatable bonds is 10. The van der Waals surface area contributed by atoms with Gasteiger partial charge in [-0.2, -0.15) is 0 Å². The maximum Gasteiger partial charge on any atom is 0.303 e. The second-order valence-corrected chi connectivity index (χ2v) is 11.7. The van der Waals surface area contributed by atoms with Crippen LogP contribution in [0.4, 0.5) is 0 Å². The molecule has 1 aliphatic rings. The van der Waals surface area contributed by atoms with Gasteiger partial charge in [0, 0.05) is 54.5 Å². The molecule has 0 aliphatic carbocycles. The monoisotopic (exact) mass is 642 g/mol. The molecule has 0 amide bonds. The standard InChI is InChI=1S/C32H31ClO10S/c1-17(35)39-16-27-30(40-18(2)36)32(42-20(4)38)31(41-19(3)37)29(43-27)23-9-11-26(33)24(13-23)14-25-10-12-28(44-25)22-7-5-21(15-34)6-8-22/h5-13,15,27,29-32H,14,16H2,1-4H3/t27-,29+,30-,31+,32+/m1/s1. The number of benzene rings is 2. The Morgan fingerprint density at radius 2 is 1.45 bits per heavy atom. The summed E-state index contributed by atoms with van der Waals surface area (Å²) < 4.78 is 28.1. The first-order valence-corrected chi connectivity index (χ1v) is 14.9. The lowest BCUT2D eigenvalue weighted by atomic mass is 9.89. The Labute approximate surface area is 263 Å². The fraction of sp³-hybridized carbons (Fsp3) is 0.344. The molecule has 4 rings (SSSR count). The first-order chi connectivity index (χ1) is 20.9. The van der Waals surface area contributed by atoms with Gasteiger partial charge in [-0.15, -0.1) is 11.3 Å². The highest BCUT2D eigenvalue weighted by Crippen LogP contribution is 2.39. The van der Waals surface area contributed by atoms with E-state index in [1.807, 2.05) is 30.3 Å². The molecular weight excluding hydrogens is 612 g/mol. The molecular formula is C32H31ClO10S. The highest BCUT2D eigenvalue weighted by molar-refractivity contribution is 7.15. The van der Waals surface area contributed by atoms with Crippen LogP contribution in [-0.2, 0) is 49.3 Å². The summed E-state index contributed by atoms with van der Waals surface area (Å²) in [7, 11) is 0. The predicted octanol–water partition coefficient (Wildman–Crippen LogP) is 5.27. The number of thiophene rings is 1. The highest BCUT2D eigenvalue weighted by Gasteiger charge is 2.52. The van der Waals surface area contributed by atoms with Gasteiger partial charge in [0.05, 0.1) is 0 Å². The average Bonchev–Trinajstić information content (AvgIpc) is 3.43. The number of ether oxygens (including phenoxy) is 5. The van der Waals surface area contributed by atoms with E-state index in [1.54, 1.807) is 35.6 Å². The van der Waals surface area contributed by atoms with E-state index >= 15 is 0 Å². The molecule has 1 saturated heterocycles. The number of hydrogen-bond donors (Lipinski definition) is 0. The average molecular weight is 643 g/mol. The molecule has 3 aromatic rings. The molecule has 10 nitrogen and oxygen atoms in total.